The minimum absolute atomic E-state index is 0.648. The molecule has 8 aromatic rings. The molecule has 40 heteroatoms. The first-order chi connectivity index (χ1) is 33.5. The number of halogens is 24. The first kappa shape index (κ1) is 60.3. The van der Waals surface area contributed by atoms with Crippen LogP contribution in [0.5, 0.6) is 0 Å². The van der Waals surface area contributed by atoms with Gasteiger partial charge in [-0.25, -0.2) is 28.2 Å². The molecule has 12 nitrogen and oxygen atoms in total. The summed E-state index contributed by atoms with van der Waals surface area (Å²) in [4.78, 5) is 19.8. The van der Waals surface area contributed by atoms with Crippen LogP contribution >= 0.6 is 31.2 Å². The summed E-state index contributed by atoms with van der Waals surface area (Å²) in [5, 5.41) is 0. The third-order valence-electron chi connectivity index (χ3n) is 8.37. The van der Waals surface area contributed by atoms with Crippen LogP contribution in [0.3, 0.4) is 0 Å². The van der Waals surface area contributed by atoms with Gasteiger partial charge in [0.2, 0.25) is 23.3 Å². The van der Waals surface area contributed by atoms with Crippen LogP contribution in [0.1, 0.15) is 22.8 Å². The van der Waals surface area contributed by atoms with Gasteiger partial charge in [0, 0.05) is 24.3 Å². The van der Waals surface area contributed by atoms with E-state index in [0.29, 0.717) is 26.2 Å². The van der Waals surface area contributed by atoms with Crippen molar-refractivity contribution in [2.45, 2.75) is 26.2 Å². The van der Waals surface area contributed by atoms with Crippen LogP contribution < -0.4 is 18.3 Å². The van der Waals surface area contributed by atoms with Crippen LogP contribution in [0.25, 0.3) is 23.3 Å². The Kier molecular flexibility index (Phi) is 13.9. The fourth-order valence-corrected chi connectivity index (χ4v) is 6.05. The van der Waals surface area contributed by atoms with Gasteiger partial charge in [0.1, 0.15) is 75.8 Å². The number of hydrogen-bond acceptors (Lipinski definition) is 4. The van der Waals surface area contributed by atoms with Crippen molar-refractivity contribution in [3.8, 4) is 23.3 Å². The van der Waals surface area contributed by atoms with E-state index in [1.165, 1.54) is 0 Å². The zero-order valence-electron chi connectivity index (χ0n) is 36.9. The maximum Gasteiger partial charge on any atom is 0.250 e. The molecule has 8 aromatic heterocycles. The Morgan fingerprint density at radius 2 is 0.447 bits per heavy atom. The smallest absolute Gasteiger partial charge is 0.250 e. The Bertz CT molecular complexity index is 2900. The van der Waals surface area contributed by atoms with Crippen molar-refractivity contribution >= 4 is 31.2 Å². The van der Waals surface area contributed by atoms with E-state index in [1.807, 2.05) is 130 Å². The third kappa shape index (κ3) is 29.0. The Hall–Kier alpha value is -6.52. The molecule has 0 spiro atoms. The molecule has 0 amide bonds. The molecule has 1 aliphatic heterocycles. The van der Waals surface area contributed by atoms with Crippen LogP contribution in [-0.2, 0) is 26.2 Å². The molecule has 424 valence electrons. The number of rotatable bonds is 0. The summed E-state index contributed by atoms with van der Waals surface area (Å²) < 4.78 is 253. The number of aromatic nitrogens is 12. The summed E-state index contributed by atoms with van der Waals surface area (Å²) >= 11 is 0. The number of fused-ring (bicyclic) bond motifs is 20. The summed E-state index contributed by atoms with van der Waals surface area (Å²) in [6.45, 7) is 2.59. The number of pyridine rings is 4. The van der Waals surface area contributed by atoms with Gasteiger partial charge >= 0.3 is 132 Å². The molecule has 0 aromatic carbocycles. The van der Waals surface area contributed by atoms with Gasteiger partial charge in [-0.05, 0) is 24.3 Å². The average molecular weight is 1210 g/mol. The number of imidazole rings is 4. The third-order valence-corrected chi connectivity index (χ3v) is 8.37. The molecule has 0 atom stereocenters. The maximum atomic E-state index is 9.87. The molecule has 16 bridgehead atoms. The Morgan fingerprint density at radius 1 is 0.276 bits per heavy atom. The average Bonchev–Trinajstić information content (AvgIpc) is 4.02. The van der Waals surface area contributed by atoms with E-state index in [-0.39, 0.29) is 0 Å². The maximum absolute atomic E-state index is 10.7. The summed E-state index contributed by atoms with van der Waals surface area (Å²) in [5.74, 6) is 3.34. The van der Waals surface area contributed by atoms with Crippen LogP contribution in [0, 0.1) is 0 Å². The predicted octanol–water partition coefficient (Wildman–Crippen LogP) is 15.6. The first-order valence-electron chi connectivity index (χ1n) is 19.9. The minimum Gasteiger partial charge on any atom is -0.250 e. The largest absolute Gasteiger partial charge is 0.250 e. The molecule has 76 heavy (non-hydrogen) atoms. The van der Waals surface area contributed by atoms with Crippen LogP contribution in [-0.4, -0.2) is 38.2 Å². The fourth-order valence-electron chi connectivity index (χ4n) is 6.05. The number of nitrogens with zero attached hydrogens (tertiary/aromatic N) is 12. The zero-order valence-corrected chi connectivity index (χ0v) is 40.5. The molecular formula is C36H32F24N12P4. The molecule has 0 N–H and O–H groups in total. The Labute approximate surface area is 408 Å². The molecule has 0 saturated carbocycles. The second-order valence-corrected chi connectivity index (χ2v) is 23.4. The Balaban J connectivity index is 0.000000313. The molecule has 0 fully saturated rings. The van der Waals surface area contributed by atoms with Crippen LogP contribution in [0.15, 0.2) is 148 Å². The molecule has 0 radical (unpaired) electrons. The van der Waals surface area contributed by atoms with Crippen molar-refractivity contribution in [2.24, 2.45) is 0 Å². The van der Waals surface area contributed by atoms with Crippen LogP contribution in [0.2, 0.25) is 0 Å². The van der Waals surface area contributed by atoms with Gasteiger partial charge < -0.3 is 0 Å². The second-order valence-electron chi connectivity index (χ2n) is 15.8. The van der Waals surface area contributed by atoms with E-state index < -0.39 is 31.2 Å². The molecule has 0 saturated heterocycles. The van der Waals surface area contributed by atoms with Crippen molar-refractivity contribution in [1.82, 2.24) is 38.2 Å². The summed E-state index contributed by atoms with van der Waals surface area (Å²) in [6.07, 6.45) is 24.5. The molecule has 9 rings (SSSR count). The van der Waals surface area contributed by atoms with E-state index in [9.17, 15) is 101 Å². The summed E-state index contributed by atoms with van der Waals surface area (Å²) in [7, 11) is -42.6. The van der Waals surface area contributed by atoms with E-state index in [4.69, 9.17) is 19.9 Å². The van der Waals surface area contributed by atoms with Crippen molar-refractivity contribution < 1.29 is 119 Å². The van der Waals surface area contributed by atoms with E-state index in [0.717, 1.165) is 46.0 Å². The van der Waals surface area contributed by atoms with E-state index in [2.05, 4.69) is 54.7 Å². The van der Waals surface area contributed by atoms with Gasteiger partial charge in [-0.2, -0.15) is 28.2 Å². The monoisotopic (exact) mass is 1210 g/mol. The minimum atomic E-state index is -10.7. The van der Waals surface area contributed by atoms with Gasteiger partial charge in [-0.3, -0.25) is 0 Å². The van der Waals surface area contributed by atoms with Gasteiger partial charge in [0.05, 0.1) is 22.8 Å². The second kappa shape index (κ2) is 17.5. The molecular weight excluding hydrogens is 1180 g/mol. The molecule has 9 heterocycles. The quantitative estimate of drug-likeness (QED) is 0.0860. The van der Waals surface area contributed by atoms with Gasteiger partial charge in [-0.1, -0.05) is 24.3 Å². The molecule has 1 aliphatic rings. The van der Waals surface area contributed by atoms with Crippen molar-refractivity contribution in [2.75, 3.05) is 0 Å². The molecule has 0 aliphatic carbocycles. The first-order valence-corrected chi connectivity index (χ1v) is 28.0. The predicted molar refractivity (Wildman–Crippen MR) is 226 cm³/mol. The SMILES string of the molecule is F[P-](F)(F)(F)(F)F.F[P-](F)(F)(F)(F)F.F[P-](F)(F)(F)(F)F.F[P-](F)(F)(F)(F)F.c1cc2nc(c1)C[n+]1ccn(c1)-c1cccc(n1)-n1cc[n+](c1)Cc1cccc(n1)C[n+]1ccn(c1)-c1cccc(n1)-n1cc[n+](c1)C2. The summed E-state index contributed by atoms with van der Waals surface area (Å²) in [5.41, 5.74) is 3.95. The van der Waals surface area contributed by atoms with Crippen LogP contribution in [0.4, 0.5) is 101 Å². The van der Waals surface area contributed by atoms with E-state index in [1.54, 1.807) is 0 Å². The fraction of sp³-hybridized carbons (Fsp3) is 0.111. The normalized spacial score (nSPS) is 16.5. The van der Waals surface area contributed by atoms with Gasteiger partial charge in [0.15, 0.2) is 0 Å². The van der Waals surface area contributed by atoms with Crippen molar-refractivity contribution in [3.05, 3.63) is 170 Å². The van der Waals surface area contributed by atoms with Crippen molar-refractivity contribution in [1.29, 1.82) is 0 Å². The standard InChI is InChI=1S/C36H32N12.4F6P/c1-5-29-21-41-13-17-45(25-41)33-9-3-11-35(39-33)47-19-15-43(27-47)23-31-7-2-8-32(38-31)24-44-16-20-48(28-44)36-12-4-10-34(40-36)46-18-14-42(26-46)22-30(6-1)37-29;4*1-7(2,3,4,5)6/h1-20,25-28H,21-24H2;;;;/q+4;4*-1. The summed E-state index contributed by atoms with van der Waals surface area (Å²) in [6, 6.07) is 24.5. The van der Waals surface area contributed by atoms with Gasteiger partial charge in [-0.15, -0.1) is 0 Å². The van der Waals surface area contributed by atoms with E-state index >= 15 is 0 Å². The molecule has 0 unspecified atom stereocenters. The zero-order chi connectivity index (χ0) is 57.5. The topological polar surface area (TPSA) is 86.8 Å². The van der Waals surface area contributed by atoms with Crippen molar-refractivity contribution in [3.63, 3.8) is 0 Å². The number of hydrogen-bond donors (Lipinski definition) is 0. The van der Waals surface area contributed by atoms with Gasteiger partial charge in [0.25, 0.3) is 25.3 Å². The Morgan fingerprint density at radius 3 is 0.632 bits per heavy atom.